The Morgan fingerprint density at radius 1 is 0.786 bits per heavy atom. The van der Waals surface area contributed by atoms with E-state index in [1.54, 1.807) is 0 Å². The molecule has 8 heteroatoms. The molecule has 4 N–H and O–H groups in total. The quantitative estimate of drug-likeness (QED) is 0.591. The number of rotatable bonds is 3. The second kappa shape index (κ2) is 3.84. The first-order valence-electron chi connectivity index (χ1n) is 4.01. The van der Waals surface area contributed by atoms with Crippen LogP contribution in [-0.2, 0) is 12.8 Å². The van der Waals surface area contributed by atoms with Gasteiger partial charge in [-0.15, -0.1) is 0 Å². The SMILES string of the molecule is S=c1nc(CCc2nc(=S)[nH][nH]2)[nH][nH]1. The van der Waals surface area contributed by atoms with Gasteiger partial charge in [-0.25, -0.2) is 9.97 Å². The normalized spacial score (nSPS) is 10.6. The zero-order valence-electron chi connectivity index (χ0n) is 7.13. The van der Waals surface area contributed by atoms with Crippen LogP contribution in [0.5, 0.6) is 0 Å². The van der Waals surface area contributed by atoms with Gasteiger partial charge in [0.05, 0.1) is 0 Å². The lowest BCUT2D eigenvalue weighted by atomic mass is 10.3. The largest absolute Gasteiger partial charge is 0.286 e. The van der Waals surface area contributed by atoms with Crippen molar-refractivity contribution in [2.75, 3.05) is 0 Å². The highest BCUT2D eigenvalue weighted by atomic mass is 32.1. The molecule has 0 bridgehead atoms. The Morgan fingerprint density at radius 2 is 1.21 bits per heavy atom. The monoisotopic (exact) mass is 228 g/mol. The number of hydrogen-bond donors (Lipinski definition) is 4. The summed E-state index contributed by atoms with van der Waals surface area (Å²) in [6, 6.07) is 0. The molecule has 0 aliphatic carbocycles. The fourth-order valence-corrected chi connectivity index (χ4v) is 1.40. The lowest BCUT2D eigenvalue weighted by molar-refractivity contribution is 0.814. The zero-order chi connectivity index (χ0) is 9.97. The van der Waals surface area contributed by atoms with Crippen molar-refractivity contribution in [2.24, 2.45) is 0 Å². The van der Waals surface area contributed by atoms with Gasteiger partial charge in [0.25, 0.3) is 0 Å². The highest BCUT2D eigenvalue weighted by Crippen LogP contribution is 1.96. The number of nitrogens with zero attached hydrogens (tertiary/aromatic N) is 2. The van der Waals surface area contributed by atoms with Crippen LogP contribution in [0.3, 0.4) is 0 Å². The highest BCUT2D eigenvalue weighted by Gasteiger charge is 2.00. The second-order valence-electron chi connectivity index (χ2n) is 2.73. The Labute approximate surface area is 89.2 Å². The molecule has 0 unspecified atom stereocenters. The molecule has 0 aliphatic rings. The van der Waals surface area contributed by atoms with E-state index >= 15 is 0 Å². The van der Waals surface area contributed by atoms with Crippen molar-refractivity contribution in [3.63, 3.8) is 0 Å². The van der Waals surface area contributed by atoms with Gasteiger partial charge in [0.1, 0.15) is 11.6 Å². The van der Waals surface area contributed by atoms with Crippen LogP contribution < -0.4 is 0 Å². The van der Waals surface area contributed by atoms with E-state index in [-0.39, 0.29) is 0 Å². The van der Waals surface area contributed by atoms with Crippen LogP contribution in [0.15, 0.2) is 0 Å². The van der Waals surface area contributed by atoms with Gasteiger partial charge in [-0.05, 0) is 24.4 Å². The summed E-state index contributed by atoms with van der Waals surface area (Å²) in [7, 11) is 0. The molecule has 0 fully saturated rings. The van der Waals surface area contributed by atoms with Crippen LogP contribution >= 0.6 is 24.4 Å². The van der Waals surface area contributed by atoms with Gasteiger partial charge in [0, 0.05) is 12.8 Å². The molecule has 2 aromatic heterocycles. The summed E-state index contributed by atoms with van der Waals surface area (Å²) in [5.74, 6) is 1.63. The third-order valence-corrected chi connectivity index (χ3v) is 2.09. The molecule has 2 rings (SSSR count). The minimum absolute atomic E-state index is 0.468. The van der Waals surface area contributed by atoms with E-state index in [1.165, 1.54) is 0 Å². The van der Waals surface area contributed by atoms with Gasteiger partial charge in [-0.2, -0.15) is 0 Å². The van der Waals surface area contributed by atoms with Crippen molar-refractivity contribution in [1.82, 2.24) is 30.4 Å². The lowest BCUT2D eigenvalue weighted by Gasteiger charge is -1.91. The van der Waals surface area contributed by atoms with E-state index in [2.05, 4.69) is 30.4 Å². The van der Waals surface area contributed by atoms with E-state index in [0.717, 1.165) is 24.5 Å². The summed E-state index contributed by atoms with van der Waals surface area (Å²) in [4.78, 5) is 8.12. The molecular formula is C6H8N6S2. The molecule has 0 aliphatic heterocycles. The molecule has 14 heavy (non-hydrogen) atoms. The van der Waals surface area contributed by atoms with Crippen molar-refractivity contribution in [3.8, 4) is 0 Å². The Morgan fingerprint density at radius 3 is 1.50 bits per heavy atom. The maximum absolute atomic E-state index is 4.82. The predicted octanol–water partition coefficient (Wildman–Crippen LogP) is 1.03. The first-order chi connectivity index (χ1) is 6.74. The van der Waals surface area contributed by atoms with Crippen LogP contribution in [0.2, 0.25) is 0 Å². The molecule has 0 amide bonds. The molecule has 2 aromatic rings. The Bertz CT molecular complexity index is 468. The van der Waals surface area contributed by atoms with E-state index in [1.807, 2.05) is 0 Å². The number of aromatic nitrogens is 6. The van der Waals surface area contributed by atoms with E-state index < -0.39 is 0 Å². The van der Waals surface area contributed by atoms with Gasteiger partial charge in [-0.1, -0.05) is 0 Å². The van der Waals surface area contributed by atoms with E-state index in [4.69, 9.17) is 24.4 Å². The van der Waals surface area contributed by atoms with E-state index in [9.17, 15) is 0 Å². The summed E-state index contributed by atoms with van der Waals surface area (Å²) in [6.07, 6.45) is 1.48. The average Bonchev–Trinajstić information content (AvgIpc) is 2.72. The number of nitrogens with one attached hydrogen (secondary N) is 4. The van der Waals surface area contributed by atoms with Crippen LogP contribution in [0.25, 0.3) is 0 Å². The van der Waals surface area contributed by atoms with Crippen LogP contribution in [0.4, 0.5) is 0 Å². The Hall–Kier alpha value is -1.28. The number of H-pyrrole nitrogens is 4. The van der Waals surface area contributed by atoms with Crippen molar-refractivity contribution in [3.05, 3.63) is 21.2 Å². The van der Waals surface area contributed by atoms with E-state index in [0.29, 0.717) is 9.54 Å². The van der Waals surface area contributed by atoms with Gasteiger partial charge >= 0.3 is 0 Å². The Balaban J connectivity index is 2.01. The smallest absolute Gasteiger partial charge is 0.213 e. The van der Waals surface area contributed by atoms with Gasteiger partial charge < -0.3 is 0 Å². The number of aryl methyl sites for hydroxylation is 2. The third-order valence-electron chi connectivity index (χ3n) is 1.70. The summed E-state index contributed by atoms with van der Waals surface area (Å²) < 4.78 is 0.935. The van der Waals surface area contributed by atoms with Crippen LogP contribution in [0.1, 0.15) is 11.6 Å². The minimum Gasteiger partial charge on any atom is -0.286 e. The van der Waals surface area contributed by atoms with Gasteiger partial charge in [0.2, 0.25) is 9.54 Å². The topological polar surface area (TPSA) is 88.9 Å². The molecule has 6 nitrogen and oxygen atoms in total. The Kier molecular flexibility index (Phi) is 2.55. The summed E-state index contributed by atoms with van der Waals surface area (Å²) in [5.41, 5.74) is 0. The van der Waals surface area contributed by atoms with Crippen LogP contribution in [-0.4, -0.2) is 30.4 Å². The molecule has 74 valence electrons. The molecule has 0 saturated carbocycles. The average molecular weight is 228 g/mol. The van der Waals surface area contributed by atoms with Gasteiger partial charge in [-0.3, -0.25) is 20.4 Å². The van der Waals surface area contributed by atoms with Crippen molar-refractivity contribution in [1.29, 1.82) is 0 Å². The lowest BCUT2D eigenvalue weighted by Crippen LogP contribution is -1.95. The summed E-state index contributed by atoms with van der Waals surface area (Å²) in [6.45, 7) is 0. The van der Waals surface area contributed by atoms with Crippen molar-refractivity contribution in [2.45, 2.75) is 12.8 Å². The summed E-state index contributed by atoms with van der Waals surface area (Å²) >= 11 is 9.65. The first-order valence-corrected chi connectivity index (χ1v) is 4.83. The minimum atomic E-state index is 0.468. The maximum Gasteiger partial charge on any atom is 0.213 e. The highest BCUT2D eigenvalue weighted by molar-refractivity contribution is 7.71. The molecule has 2 heterocycles. The maximum atomic E-state index is 4.82. The summed E-state index contributed by atoms with van der Waals surface area (Å²) in [5, 5.41) is 11.2. The molecule has 0 spiro atoms. The molecule has 0 atom stereocenters. The van der Waals surface area contributed by atoms with Crippen molar-refractivity contribution >= 4 is 24.4 Å². The molecule has 0 radical (unpaired) electrons. The zero-order valence-corrected chi connectivity index (χ0v) is 8.76. The fraction of sp³-hybridized carbons (Fsp3) is 0.333. The fourth-order valence-electron chi connectivity index (χ4n) is 1.08. The third kappa shape index (κ3) is 2.15. The number of hydrogen-bond acceptors (Lipinski definition) is 4. The first kappa shape index (κ1) is 9.28. The van der Waals surface area contributed by atoms with Crippen molar-refractivity contribution < 1.29 is 0 Å². The second-order valence-corrected chi connectivity index (χ2v) is 3.50. The van der Waals surface area contributed by atoms with Crippen LogP contribution in [0, 0.1) is 9.54 Å². The van der Waals surface area contributed by atoms with Gasteiger partial charge in [0.15, 0.2) is 0 Å². The standard InChI is InChI=1S/C6H8N6S2/c13-5-7-3(9-11-5)1-2-4-8-6(14)12-10-4/h1-2H2,(H2,7,9,11,13)(H2,8,10,12,14). The molecular weight excluding hydrogens is 220 g/mol. The predicted molar refractivity (Wildman–Crippen MR) is 55.0 cm³/mol. The molecule has 0 saturated heterocycles. The number of aromatic amines is 4. The molecule has 0 aromatic carbocycles.